The molecule has 0 saturated heterocycles. The fourth-order valence-corrected chi connectivity index (χ4v) is 2.88. The van der Waals surface area contributed by atoms with E-state index in [9.17, 15) is 4.79 Å². The van der Waals surface area contributed by atoms with Crippen LogP contribution in [-0.2, 0) is 0 Å². The van der Waals surface area contributed by atoms with Gasteiger partial charge in [-0.25, -0.2) is 4.98 Å². The molecule has 100 valence electrons. The lowest BCUT2D eigenvalue weighted by Crippen LogP contribution is -2.12. The molecule has 0 fully saturated rings. The zero-order chi connectivity index (χ0) is 14.0. The smallest absolute Gasteiger partial charge is 0.258 e. The van der Waals surface area contributed by atoms with E-state index in [4.69, 9.17) is 11.6 Å². The van der Waals surface area contributed by atoms with Gasteiger partial charge in [0.25, 0.3) is 5.91 Å². The number of nitrogens with zero attached hydrogens (tertiary/aromatic N) is 1. The first-order chi connectivity index (χ1) is 8.97. The molecule has 1 N–H and O–H groups in total. The Hall–Kier alpha value is -0.910. The number of carbonyl (C=O) groups is 1. The second-order valence-corrected chi connectivity index (χ2v) is 6.49. The van der Waals surface area contributed by atoms with Crippen LogP contribution < -0.4 is 5.32 Å². The number of halogens is 2. The van der Waals surface area contributed by atoms with Gasteiger partial charge in [-0.2, -0.15) is 0 Å². The van der Waals surface area contributed by atoms with Crippen molar-refractivity contribution in [1.29, 1.82) is 0 Å². The Labute approximate surface area is 129 Å². The predicted octanol–water partition coefficient (Wildman–Crippen LogP) is 4.93. The molecule has 0 saturated carbocycles. The molecule has 0 aliphatic heterocycles. The van der Waals surface area contributed by atoms with Crippen molar-refractivity contribution in [2.24, 2.45) is 0 Å². The van der Waals surface area contributed by atoms with E-state index in [2.05, 4.69) is 40.1 Å². The lowest BCUT2D eigenvalue weighted by Gasteiger charge is -2.04. The lowest BCUT2D eigenvalue weighted by molar-refractivity contribution is 0.102. The second-order valence-electron chi connectivity index (χ2n) is 4.31. The third kappa shape index (κ3) is 3.55. The summed E-state index contributed by atoms with van der Waals surface area (Å²) in [5.41, 5.74) is 1.40. The molecule has 0 aliphatic rings. The molecule has 19 heavy (non-hydrogen) atoms. The highest BCUT2D eigenvalue weighted by atomic mass is 79.9. The van der Waals surface area contributed by atoms with Crippen molar-refractivity contribution in [2.45, 2.75) is 19.8 Å². The van der Waals surface area contributed by atoms with Crippen molar-refractivity contribution in [2.75, 3.05) is 5.32 Å². The standard InChI is InChI=1S/C13H12BrClN2OS/c1-7(2)11-6-19-13(16-11)17-12(18)9-5-8(14)3-4-10(9)15/h3-7H,1-2H3,(H,16,17,18). The Morgan fingerprint density at radius 1 is 1.47 bits per heavy atom. The predicted molar refractivity (Wildman–Crippen MR) is 83.3 cm³/mol. The van der Waals surface area contributed by atoms with Gasteiger partial charge >= 0.3 is 0 Å². The van der Waals surface area contributed by atoms with Crippen molar-refractivity contribution in [3.8, 4) is 0 Å². The van der Waals surface area contributed by atoms with Crippen LogP contribution in [0.3, 0.4) is 0 Å². The summed E-state index contributed by atoms with van der Waals surface area (Å²) in [6, 6.07) is 5.16. The second kappa shape index (κ2) is 6.03. The van der Waals surface area contributed by atoms with Gasteiger partial charge in [-0.15, -0.1) is 11.3 Å². The third-order valence-corrected chi connectivity index (χ3v) is 4.11. The van der Waals surface area contributed by atoms with Crippen LogP contribution in [0, 0.1) is 0 Å². The van der Waals surface area contributed by atoms with Gasteiger partial charge in [0.15, 0.2) is 5.13 Å². The monoisotopic (exact) mass is 358 g/mol. The summed E-state index contributed by atoms with van der Waals surface area (Å²) in [7, 11) is 0. The molecule has 0 bridgehead atoms. The average Bonchev–Trinajstić information content (AvgIpc) is 2.80. The van der Waals surface area contributed by atoms with E-state index in [1.165, 1.54) is 11.3 Å². The Kier molecular flexibility index (Phi) is 4.60. The Morgan fingerprint density at radius 2 is 2.21 bits per heavy atom. The molecule has 0 aliphatic carbocycles. The zero-order valence-electron chi connectivity index (χ0n) is 10.4. The molecule has 0 radical (unpaired) electrons. The molecule has 0 spiro atoms. The Bertz CT molecular complexity index is 612. The van der Waals surface area contributed by atoms with E-state index in [-0.39, 0.29) is 5.91 Å². The first kappa shape index (κ1) is 14.5. The van der Waals surface area contributed by atoms with Gasteiger partial charge in [-0.1, -0.05) is 41.4 Å². The molecule has 1 aromatic heterocycles. The fraction of sp³-hybridized carbons (Fsp3) is 0.231. The van der Waals surface area contributed by atoms with E-state index >= 15 is 0 Å². The highest BCUT2D eigenvalue weighted by molar-refractivity contribution is 9.10. The van der Waals surface area contributed by atoms with E-state index in [1.807, 2.05) is 5.38 Å². The molecule has 3 nitrogen and oxygen atoms in total. The zero-order valence-corrected chi connectivity index (χ0v) is 13.6. The molecule has 0 unspecified atom stereocenters. The molecular formula is C13H12BrClN2OS. The summed E-state index contributed by atoms with van der Waals surface area (Å²) < 4.78 is 0.809. The fourth-order valence-electron chi connectivity index (χ4n) is 1.44. The van der Waals surface area contributed by atoms with Crippen molar-refractivity contribution >= 4 is 49.9 Å². The Balaban J connectivity index is 2.18. The molecule has 0 atom stereocenters. The van der Waals surface area contributed by atoms with Gasteiger partial charge in [-0.05, 0) is 24.1 Å². The SMILES string of the molecule is CC(C)c1csc(NC(=O)c2cc(Br)ccc2Cl)n1. The van der Waals surface area contributed by atoms with E-state index in [1.54, 1.807) is 18.2 Å². The van der Waals surface area contributed by atoms with Gasteiger partial charge < -0.3 is 0 Å². The summed E-state index contributed by atoms with van der Waals surface area (Å²) in [5, 5.41) is 5.72. The summed E-state index contributed by atoms with van der Waals surface area (Å²) in [6.45, 7) is 4.12. The van der Waals surface area contributed by atoms with Crippen molar-refractivity contribution < 1.29 is 4.79 Å². The van der Waals surface area contributed by atoms with Crippen LogP contribution in [0.15, 0.2) is 28.1 Å². The van der Waals surface area contributed by atoms with Gasteiger partial charge in [0, 0.05) is 9.85 Å². The molecule has 6 heteroatoms. The van der Waals surface area contributed by atoms with Gasteiger partial charge in [0.05, 0.1) is 16.3 Å². The number of benzene rings is 1. The Morgan fingerprint density at radius 3 is 2.84 bits per heavy atom. The molecule has 1 amide bonds. The quantitative estimate of drug-likeness (QED) is 0.844. The molecule has 2 aromatic rings. The van der Waals surface area contributed by atoms with Crippen LogP contribution in [-0.4, -0.2) is 10.9 Å². The first-order valence-corrected chi connectivity index (χ1v) is 7.74. The van der Waals surface area contributed by atoms with Gasteiger partial charge in [-0.3, -0.25) is 10.1 Å². The summed E-state index contributed by atoms with van der Waals surface area (Å²) >= 11 is 10.7. The number of aromatic nitrogens is 1. The number of hydrogen-bond donors (Lipinski definition) is 1. The first-order valence-electron chi connectivity index (χ1n) is 5.69. The molecule has 1 aromatic carbocycles. The van der Waals surface area contributed by atoms with E-state index < -0.39 is 0 Å². The summed E-state index contributed by atoms with van der Waals surface area (Å²) in [6.07, 6.45) is 0. The van der Waals surface area contributed by atoms with Gasteiger partial charge in [0.1, 0.15) is 0 Å². The maximum absolute atomic E-state index is 12.1. The lowest BCUT2D eigenvalue weighted by atomic mass is 10.2. The number of nitrogens with one attached hydrogen (secondary N) is 1. The number of rotatable bonds is 3. The van der Waals surface area contributed by atoms with Crippen molar-refractivity contribution in [3.63, 3.8) is 0 Å². The van der Waals surface area contributed by atoms with Crippen LogP contribution in [0.5, 0.6) is 0 Å². The minimum atomic E-state index is -0.254. The average molecular weight is 360 g/mol. The maximum atomic E-state index is 12.1. The minimum Gasteiger partial charge on any atom is -0.298 e. The van der Waals surface area contributed by atoms with Crippen LogP contribution in [0.25, 0.3) is 0 Å². The summed E-state index contributed by atoms with van der Waals surface area (Å²) in [4.78, 5) is 16.5. The molecular weight excluding hydrogens is 348 g/mol. The molecule has 2 rings (SSSR count). The minimum absolute atomic E-state index is 0.254. The van der Waals surface area contributed by atoms with Crippen LogP contribution >= 0.6 is 38.9 Å². The number of hydrogen-bond acceptors (Lipinski definition) is 3. The highest BCUT2D eigenvalue weighted by Crippen LogP contribution is 2.25. The highest BCUT2D eigenvalue weighted by Gasteiger charge is 2.13. The van der Waals surface area contributed by atoms with Crippen LogP contribution in [0.1, 0.15) is 35.8 Å². The maximum Gasteiger partial charge on any atom is 0.258 e. The normalized spacial score (nSPS) is 10.8. The van der Waals surface area contributed by atoms with Crippen molar-refractivity contribution in [3.05, 3.63) is 44.3 Å². The van der Waals surface area contributed by atoms with E-state index in [0.717, 1.165) is 10.2 Å². The van der Waals surface area contributed by atoms with Crippen LogP contribution in [0.4, 0.5) is 5.13 Å². The topological polar surface area (TPSA) is 42.0 Å². The number of anilines is 1. The molecule has 1 heterocycles. The number of thiazole rings is 1. The van der Waals surface area contributed by atoms with E-state index in [0.29, 0.717) is 21.6 Å². The summed E-state index contributed by atoms with van der Waals surface area (Å²) in [5.74, 6) is 0.0901. The largest absolute Gasteiger partial charge is 0.298 e. The van der Waals surface area contributed by atoms with Gasteiger partial charge in [0.2, 0.25) is 0 Å². The van der Waals surface area contributed by atoms with Crippen LogP contribution in [0.2, 0.25) is 5.02 Å². The third-order valence-electron chi connectivity index (χ3n) is 2.51. The number of carbonyl (C=O) groups excluding carboxylic acids is 1. The van der Waals surface area contributed by atoms with Crippen molar-refractivity contribution in [1.82, 2.24) is 4.98 Å². The number of amides is 1.